The first-order chi connectivity index (χ1) is 47.5. The van der Waals surface area contributed by atoms with Crippen LogP contribution in [0.1, 0.15) is 292 Å². The van der Waals surface area contributed by atoms with Gasteiger partial charge in [0, 0.05) is 33.4 Å². The van der Waals surface area contributed by atoms with Gasteiger partial charge in [0.2, 0.25) is 11.4 Å². The summed E-state index contributed by atoms with van der Waals surface area (Å²) >= 11 is 0. The van der Waals surface area contributed by atoms with E-state index < -0.39 is 56.5 Å². The van der Waals surface area contributed by atoms with Gasteiger partial charge in [-0.05, 0) is 313 Å². The van der Waals surface area contributed by atoms with Crippen LogP contribution >= 0.6 is 0 Å². The van der Waals surface area contributed by atoms with Crippen molar-refractivity contribution in [3.63, 3.8) is 0 Å². The molecule has 2 aliphatic heterocycles. The van der Waals surface area contributed by atoms with Gasteiger partial charge in [0.25, 0.3) is 0 Å². The average Bonchev–Trinajstić information content (AvgIpc) is 0.670. The van der Waals surface area contributed by atoms with Gasteiger partial charge < -0.3 is 38.3 Å². The summed E-state index contributed by atoms with van der Waals surface area (Å²) in [6.07, 6.45) is 27.4. The summed E-state index contributed by atoms with van der Waals surface area (Å²) in [5.74, 6) is 0.641. The lowest BCUT2D eigenvalue weighted by molar-refractivity contribution is -0.239. The molecule has 15 aliphatic rings. The number of hydrogen-bond donors (Lipinski definition) is 1. The molecular formula is C90H122O12. The number of aliphatic hydroxyl groups is 1. The van der Waals surface area contributed by atoms with Crippen LogP contribution in [-0.2, 0) is 50.6 Å². The number of ether oxygens (including phenoxy) is 7. The molecule has 0 amide bonds. The molecule has 12 heteroatoms. The molecule has 1 N–H and O–H groups in total. The number of carbonyl (C=O) groups excluding carboxylic acids is 4. The second kappa shape index (κ2) is 20.8. The zero-order valence-electron chi connectivity index (χ0n) is 66.1. The summed E-state index contributed by atoms with van der Waals surface area (Å²) < 4.78 is 47.8. The first kappa shape index (κ1) is 69.9. The van der Waals surface area contributed by atoms with Crippen molar-refractivity contribution in [2.24, 2.45) is 100.0 Å². The van der Waals surface area contributed by atoms with Gasteiger partial charge in [0.1, 0.15) is 6.10 Å². The van der Waals surface area contributed by atoms with Gasteiger partial charge >= 0.3 is 23.7 Å². The Kier molecular flexibility index (Phi) is 14.2. The van der Waals surface area contributed by atoms with E-state index in [9.17, 15) is 19.5 Å². The fraction of sp³-hybridized carbons (Fsp3) is 0.756. The number of allylic oxidation sites excluding steroid dienone is 3. The van der Waals surface area contributed by atoms with Crippen LogP contribution in [0.2, 0.25) is 0 Å². The Morgan fingerprint density at radius 1 is 0.480 bits per heavy atom. The predicted octanol–water partition coefficient (Wildman–Crippen LogP) is 19.3. The van der Waals surface area contributed by atoms with Gasteiger partial charge in [-0.25, -0.2) is 0 Å². The summed E-state index contributed by atoms with van der Waals surface area (Å²) in [5.41, 5.74) is 4.98. The third-order valence-electron chi connectivity index (χ3n) is 37.8. The molecule has 0 spiro atoms. The number of ketones is 1. The fourth-order valence-electron chi connectivity index (χ4n) is 30.3. The molecule has 0 radical (unpaired) electrons. The van der Waals surface area contributed by atoms with Crippen LogP contribution in [0.3, 0.4) is 0 Å². The van der Waals surface area contributed by atoms with Gasteiger partial charge in [-0.15, -0.1) is 0 Å². The van der Waals surface area contributed by atoms with Crippen molar-refractivity contribution in [3.05, 3.63) is 80.5 Å². The summed E-state index contributed by atoms with van der Waals surface area (Å²) in [7, 11) is 4.66. The monoisotopic (exact) mass is 1390 g/mol. The largest absolute Gasteiger partial charge is 0.482 e. The van der Waals surface area contributed by atoms with E-state index in [1.165, 1.54) is 36.7 Å². The number of benzene rings is 2. The number of rotatable bonds is 3. The first-order valence-corrected chi connectivity index (χ1v) is 40.2. The van der Waals surface area contributed by atoms with E-state index in [0.29, 0.717) is 29.3 Å². The summed E-state index contributed by atoms with van der Waals surface area (Å²) in [5, 5.41) is 13.6. The Hall–Kier alpha value is -5.10. The van der Waals surface area contributed by atoms with Crippen LogP contribution in [0.15, 0.2) is 47.1 Å². The maximum Gasteiger partial charge on any atom is 0.317 e. The van der Waals surface area contributed by atoms with Gasteiger partial charge in [0.05, 0.1) is 37.6 Å². The summed E-state index contributed by atoms with van der Waals surface area (Å²) in [6, 6.07) is 4.71. The standard InChI is InChI=1S/C90H122O12/c1-50-52-22-24-59-80(9,35-41-85(14)61-47-77(6,71(92)96-19)29-26-74(61,3)32-38-83(59,85)12)54(52)44-57-66(50)100-68-65-51(2)67-58(45-56(65)82(11)37-43-87(16)63-49-79(8,73(94)98-21)31-28-76(63,5)34-40-88(87,17)70(82)69(68)99-57)101-89(18)53-23-25-60-81(10,55(53)46-64(91)90(89,95)102-67)36-42-86(15)62-48-78(7,72(93)97-20)30-27-75(62,4)33-39-84(60,86)13/h23,25,44-46,59,61-63,68-70,95H,22,24,26-43,47-49H2,1-21H3/t59?,61-,62-,63-,68-,69-,70?,74-,75-,76-,77-,78-,79-,80+,81+,82+,83-,84-,85+,86+,87+,88-,89+,90-/m1/s1. The van der Waals surface area contributed by atoms with Crippen LogP contribution < -0.4 is 18.9 Å². The Labute approximate surface area is 609 Å². The molecular weight excluding hydrogens is 1270 g/mol. The van der Waals surface area contributed by atoms with Gasteiger partial charge in [-0.3, -0.25) is 19.2 Å². The molecule has 2 aromatic rings. The van der Waals surface area contributed by atoms with Gasteiger partial charge in [-0.2, -0.15) is 0 Å². The highest BCUT2D eigenvalue weighted by Gasteiger charge is 2.76. The van der Waals surface area contributed by atoms with E-state index >= 15 is 4.79 Å². The van der Waals surface area contributed by atoms with Crippen LogP contribution in [-0.4, -0.2) is 67.6 Å². The lowest BCUT2D eigenvalue weighted by atomic mass is 9.32. The van der Waals surface area contributed by atoms with E-state index in [1.807, 2.05) is 6.92 Å². The van der Waals surface area contributed by atoms with Crippen molar-refractivity contribution in [1.29, 1.82) is 0 Å². The highest BCUT2D eigenvalue weighted by Crippen LogP contribution is 2.81. The van der Waals surface area contributed by atoms with E-state index in [1.54, 1.807) is 20.3 Å². The first-order valence-electron chi connectivity index (χ1n) is 40.2. The molecule has 0 bridgehead atoms. The fourth-order valence-corrected chi connectivity index (χ4v) is 30.3. The van der Waals surface area contributed by atoms with Gasteiger partial charge in [-0.1, -0.05) is 101 Å². The predicted molar refractivity (Wildman–Crippen MR) is 393 cm³/mol. The molecule has 17 rings (SSSR count). The summed E-state index contributed by atoms with van der Waals surface area (Å²) in [4.78, 5) is 57.0. The maximum absolute atomic E-state index is 15.7. The molecule has 554 valence electrons. The minimum atomic E-state index is -2.41. The van der Waals surface area contributed by atoms with Crippen LogP contribution in [0.5, 0.6) is 23.0 Å². The highest BCUT2D eigenvalue weighted by molar-refractivity contribution is 6.02. The Bertz CT molecular complexity index is 4200. The number of methoxy groups -OCH3 is 3. The topological polar surface area (TPSA) is 153 Å². The lowest BCUT2D eigenvalue weighted by Crippen LogP contribution is -2.70. The average molecular weight is 1400 g/mol. The molecule has 102 heavy (non-hydrogen) atoms. The zero-order chi connectivity index (χ0) is 73.1. The second-order valence-corrected chi connectivity index (χ2v) is 41.8. The number of esters is 3. The molecule has 9 saturated carbocycles. The molecule has 9 fully saturated rings. The van der Waals surface area contributed by atoms with Crippen molar-refractivity contribution in [1.82, 2.24) is 0 Å². The van der Waals surface area contributed by atoms with E-state index in [-0.39, 0.29) is 83.9 Å². The molecule has 2 aromatic carbocycles. The van der Waals surface area contributed by atoms with Crippen LogP contribution in [0.25, 0.3) is 0 Å². The Balaban J connectivity index is 0.782. The third-order valence-corrected chi connectivity index (χ3v) is 37.8. The minimum Gasteiger partial charge on any atom is -0.482 e. The maximum atomic E-state index is 15.7. The normalized spacial score (nSPS) is 50.7. The van der Waals surface area contributed by atoms with E-state index in [4.69, 9.17) is 33.2 Å². The number of hydrogen-bond acceptors (Lipinski definition) is 12. The van der Waals surface area contributed by atoms with Gasteiger partial charge in [0.15, 0.2) is 29.1 Å². The molecule has 12 nitrogen and oxygen atoms in total. The van der Waals surface area contributed by atoms with Crippen molar-refractivity contribution >= 4 is 23.7 Å². The number of fused-ring (bicyclic) bond motifs is 28. The van der Waals surface area contributed by atoms with E-state index in [0.717, 1.165) is 180 Å². The zero-order valence-corrected chi connectivity index (χ0v) is 66.1. The van der Waals surface area contributed by atoms with Crippen molar-refractivity contribution in [2.45, 2.75) is 307 Å². The Morgan fingerprint density at radius 3 is 1.53 bits per heavy atom. The minimum absolute atomic E-state index is 0.0383. The molecule has 13 aliphatic carbocycles. The van der Waals surface area contributed by atoms with Crippen LogP contribution in [0, 0.1) is 114 Å². The molecule has 0 saturated heterocycles. The van der Waals surface area contributed by atoms with Crippen molar-refractivity contribution in [3.8, 4) is 23.0 Å². The highest BCUT2D eigenvalue weighted by atomic mass is 16.7. The van der Waals surface area contributed by atoms with Crippen LogP contribution in [0.4, 0.5) is 0 Å². The summed E-state index contributed by atoms with van der Waals surface area (Å²) in [6.45, 7) is 43.1. The molecule has 2 unspecified atom stereocenters. The lowest BCUT2D eigenvalue weighted by Gasteiger charge is -2.73. The SMILES string of the molecule is COC(=O)[C@]1(C)CC[C@]2(C)CC[C@]3(C)C4=CC=C5C(=CC(=O)[C@@]6(O)Oc7c(cc8c(c7C)[C@H]7Oc9c(cc%10c(c9C)CCC9[C@@]%10(C)CC[C@@]%10(C)[C@@H]%11C[C@](C)(C(=O)OC)CC[C@]%11(C)CC[C@]9%10C)O[C@H]7C7[C@@]8(C)CC[C@@]8(C)[C@@H]9C[C@](C)(C(=O)OC)CC[C@]9(C)CC[C@]78C)O[C@@]56C)[C@]4(C)CC[C@@]3(C)[C@@H]2C1. The molecule has 0 aromatic heterocycles. The second-order valence-electron chi connectivity index (χ2n) is 41.8. The quantitative estimate of drug-likeness (QED) is 0.230. The van der Waals surface area contributed by atoms with E-state index in [2.05, 4.69) is 142 Å². The smallest absolute Gasteiger partial charge is 0.317 e. The number of carbonyl (C=O) groups is 4. The molecule has 24 atom stereocenters. The third kappa shape index (κ3) is 8.03. The van der Waals surface area contributed by atoms with Crippen molar-refractivity contribution in [2.75, 3.05) is 21.3 Å². The molecule has 2 heterocycles. The van der Waals surface area contributed by atoms with Crippen molar-refractivity contribution < 1.29 is 57.4 Å². The Morgan fingerprint density at radius 2 is 0.961 bits per heavy atom.